The lowest BCUT2D eigenvalue weighted by molar-refractivity contribution is 0.0851. The third-order valence-electron chi connectivity index (χ3n) is 7.02. The number of fused-ring (bicyclic) bond motifs is 1. The van der Waals surface area contributed by atoms with Gasteiger partial charge >= 0.3 is 0 Å². The molecule has 0 radical (unpaired) electrons. The van der Waals surface area contributed by atoms with Crippen molar-refractivity contribution in [2.24, 2.45) is 5.92 Å². The van der Waals surface area contributed by atoms with Crippen LogP contribution < -0.4 is 5.56 Å². The fourth-order valence-electron chi connectivity index (χ4n) is 5.25. The minimum atomic E-state index is -0.0887. The summed E-state index contributed by atoms with van der Waals surface area (Å²) in [6.07, 6.45) is 2.22. The maximum Gasteiger partial charge on any atom is 0.252 e. The van der Waals surface area contributed by atoms with Crippen molar-refractivity contribution in [3.05, 3.63) is 87.5 Å². The fraction of sp³-hybridized carbons (Fsp3) is 0.429. The SMILES string of the molecule is Cc1cccc2cc(CN(Cc3ccccc3)C(c3nnnn3CC3CCCO3)C(C)C)c(=O)[nH]c12. The number of ether oxygens (including phenoxy) is 1. The molecule has 1 N–H and O–H groups in total. The van der Waals surface area contributed by atoms with Gasteiger partial charge in [-0.2, -0.15) is 0 Å². The van der Waals surface area contributed by atoms with Gasteiger partial charge in [0.25, 0.3) is 5.56 Å². The number of tetrazole rings is 1. The maximum absolute atomic E-state index is 13.2. The molecule has 2 aromatic carbocycles. The van der Waals surface area contributed by atoms with Gasteiger partial charge in [-0.3, -0.25) is 9.69 Å². The van der Waals surface area contributed by atoms with Crippen molar-refractivity contribution in [3.8, 4) is 0 Å². The highest BCUT2D eigenvalue weighted by Gasteiger charge is 2.31. The standard InChI is InChI=1S/C28H34N6O2/c1-19(2)26(27-30-31-32-34(27)18-24-13-8-14-36-24)33(16-21-10-5-4-6-11-21)17-23-15-22-12-7-9-20(3)25(22)29-28(23)35/h4-7,9-12,15,19,24,26H,8,13-14,16-18H2,1-3H3,(H,29,35). The van der Waals surface area contributed by atoms with Gasteiger partial charge in [0, 0.05) is 25.3 Å². The number of nitrogens with one attached hydrogen (secondary N) is 1. The Kier molecular flexibility index (Phi) is 7.25. The van der Waals surface area contributed by atoms with E-state index in [0.717, 1.165) is 47.3 Å². The molecule has 1 saturated heterocycles. The van der Waals surface area contributed by atoms with E-state index in [1.54, 1.807) is 0 Å². The Morgan fingerprint density at radius 2 is 1.97 bits per heavy atom. The zero-order valence-corrected chi connectivity index (χ0v) is 21.2. The third-order valence-corrected chi connectivity index (χ3v) is 7.02. The average molecular weight is 487 g/mol. The zero-order valence-electron chi connectivity index (χ0n) is 21.2. The Bertz CT molecular complexity index is 1360. The van der Waals surface area contributed by atoms with Crippen molar-refractivity contribution in [2.75, 3.05) is 6.61 Å². The van der Waals surface area contributed by atoms with E-state index in [1.165, 1.54) is 5.56 Å². The van der Waals surface area contributed by atoms with Crippen LogP contribution in [-0.4, -0.2) is 42.8 Å². The van der Waals surface area contributed by atoms with Crippen LogP contribution in [-0.2, 0) is 24.4 Å². The number of rotatable bonds is 9. The lowest BCUT2D eigenvalue weighted by atomic mass is 9.99. The molecule has 1 fully saturated rings. The average Bonchev–Trinajstić information content (AvgIpc) is 3.54. The number of H-pyrrole nitrogens is 1. The fourth-order valence-corrected chi connectivity index (χ4v) is 5.25. The van der Waals surface area contributed by atoms with Gasteiger partial charge in [-0.05, 0) is 58.7 Å². The van der Waals surface area contributed by atoms with Crippen molar-refractivity contribution < 1.29 is 4.74 Å². The quantitative estimate of drug-likeness (QED) is 0.377. The summed E-state index contributed by atoms with van der Waals surface area (Å²) in [6.45, 7) is 8.96. The van der Waals surface area contributed by atoms with Crippen LogP contribution in [0.5, 0.6) is 0 Å². The summed E-state index contributed by atoms with van der Waals surface area (Å²) >= 11 is 0. The van der Waals surface area contributed by atoms with Gasteiger partial charge in [-0.1, -0.05) is 62.4 Å². The number of hydrogen-bond acceptors (Lipinski definition) is 6. The molecule has 0 spiro atoms. The highest BCUT2D eigenvalue weighted by Crippen LogP contribution is 2.31. The summed E-state index contributed by atoms with van der Waals surface area (Å²) < 4.78 is 7.76. The van der Waals surface area contributed by atoms with E-state index in [-0.39, 0.29) is 23.6 Å². The largest absolute Gasteiger partial charge is 0.376 e. The molecule has 5 rings (SSSR count). The maximum atomic E-state index is 13.2. The second kappa shape index (κ2) is 10.7. The first-order valence-electron chi connectivity index (χ1n) is 12.8. The molecule has 3 heterocycles. The van der Waals surface area contributed by atoms with Gasteiger partial charge in [0.05, 0.1) is 24.2 Å². The first-order valence-corrected chi connectivity index (χ1v) is 12.8. The van der Waals surface area contributed by atoms with Crippen LogP contribution in [0.4, 0.5) is 0 Å². The molecule has 4 aromatic rings. The second-order valence-corrected chi connectivity index (χ2v) is 10.1. The van der Waals surface area contributed by atoms with Gasteiger partial charge in [-0.15, -0.1) is 5.10 Å². The van der Waals surface area contributed by atoms with Crippen molar-refractivity contribution in [1.29, 1.82) is 0 Å². The van der Waals surface area contributed by atoms with Crippen LogP contribution in [0.1, 0.15) is 55.2 Å². The number of aromatic amines is 1. The minimum Gasteiger partial charge on any atom is -0.376 e. The van der Waals surface area contributed by atoms with Crippen molar-refractivity contribution >= 4 is 10.9 Å². The molecule has 1 aliphatic heterocycles. The van der Waals surface area contributed by atoms with Crippen molar-refractivity contribution in [2.45, 2.75) is 65.4 Å². The molecule has 8 nitrogen and oxygen atoms in total. The van der Waals surface area contributed by atoms with Crippen LogP contribution in [0.15, 0.2) is 59.4 Å². The van der Waals surface area contributed by atoms with Crippen LogP contribution in [0.2, 0.25) is 0 Å². The summed E-state index contributed by atoms with van der Waals surface area (Å²) in [6, 6.07) is 18.4. The van der Waals surface area contributed by atoms with Crippen LogP contribution in [0.3, 0.4) is 0 Å². The zero-order chi connectivity index (χ0) is 25.1. The summed E-state index contributed by atoms with van der Waals surface area (Å²) in [7, 11) is 0. The number of nitrogens with zero attached hydrogens (tertiary/aromatic N) is 5. The molecular weight excluding hydrogens is 452 g/mol. The van der Waals surface area contributed by atoms with Crippen LogP contribution >= 0.6 is 0 Å². The predicted octanol–water partition coefficient (Wildman–Crippen LogP) is 4.40. The summed E-state index contributed by atoms with van der Waals surface area (Å²) in [5, 5.41) is 13.9. The number of hydrogen-bond donors (Lipinski definition) is 1. The van der Waals surface area contributed by atoms with Gasteiger partial charge in [0.15, 0.2) is 5.82 Å². The molecule has 0 saturated carbocycles. The second-order valence-electron chi connectivity index (χ2n) is 10.1. The normalized spacial score (nSPS) is 16.9. The highest BCUT2D eigenvalue weighted by molar-refractivity contribution is 5.81. The molecule has 2 unspecified atom stereocenters. The molecule has 1 aliphatic rings. The van der Waals surface area contributed by atoms with Gasteiger partial charge in [-0.25, -0.2) is 4.68 Å². The number of benzene rings is 2. The van der Waals surface area contributed by atoms with E-state index in [0.29, 0.717) is 19.6 Å². The van der Waals surface area contributed by atoms with Crippen LogP contribution in [0.25, 0.3) is 10.9 Å². The topological polar surface area (TPSA) is 88.9 Å². The summed E-state index contributed by atoms with van der Waals surface area (Å²) in [4.78, 5) is 18.6. The first-order chi connectivity index (χ1) is 17.5. The van der Waals surface area contributed by atoms with Gasteiger partial charge in [0.1, 0.15) is 0 Å². The molecule has 2 atom stereocenters. The smallest absolute Gasteiger partial charge is 0.252 e. The van der Waals surface area contributed by atoms with Crippen molar-refractivity contribution in [1.82, 2.24) is 30.1 Å². The van der Waals surface area contributed by atoms with Crippen molar-refractivity contribution in [3.63, 3.8) is 0 Å². The first kappa shape index (κ1) is 24.3. The lowest BCUT2D eigenvalue weighted by Gasteiger charge is -2.33. The van der Waals surface area contributed by atoms with E-state index >= 15 is 0 Å². The van der Waals surface area contributed by atoms with Gasteiger partial charge < -0.3 is 9.72 Å². The monoisotopic (exact) mass is 486 g/mol. The van der Waals surface area contributed by atoms with E-state index in [4.69, 9.17) is 4.74 Å². The third kappa shape index (κ3) is 5.24. The molecule has 0 aliphatic carbocycles. The molecule has 2 aromatic heterocycles. The Morgan fingerprint density at radius 3 is 2.72 bits per heavy atom. The predicted molar refractivity (Wildman–Crippen MR) is 139 cm³/mol. The summed E-state index contributed by atoms with van der Waals surface area (Å²) in [5.74, 6) is 1.02. The molecular formula is C28H34N6O2. The number of aromatic nitrogens is 5. The van der Waals surface area contributed by atoms with E-state index in [9.17, 15) is 4.79 Å². The number of aryl methyl sites for hydroxylation is 1. The highest BCUT2D eigenvalue weighted by atomic mass is 16.5. The minimum absolute atomic E-state index is 0.0590. The summed E-state index contributed by atoms with van der Waals surface area (Å²) in [5.41, 5.74) is 3.80. The number of para-hydroxylation sites is 1. The lowest BCUT2D eigenvalue weighted by Crippen LogP contribution is -2.36. The Hall–Kier alpha value is -3.36. The van der Waals surface area contributed by atoms with E-state index in [2.05, 4.69) is 51.4 Å². The number of pyridine rings is 1. The van der Waals surface area contributed by atoms with Gasteiger partial charge in [0.2, 0.25) is 0 Å². The molecule has 188 valence electrons. The van der Waals surface area contributed by atoms with E-state index < -0.39 is 0 Å². The Balaban J connectivity index is 1.53. The molecule has 0 amide bonds. The molecule has 0 bridgehead atoms. The Morgan fingerprint density at radius 1 is 1.14 bits per heavy atom. The van der Waals surface area contributed by atoms with E-state index in [1.807, 2.05) is 54.1 Å². The Labute approximate surface area is 211 Å². The molecule has 8 heteroatoms. The van der Waals surface area contributed by atoms with Crippen LogP contribution in [0, 0.1) is 12.8 Å². The molecule has 36 heavy (non-hydrogen) atoms.